The van der Waals surface area contributed by atoms with Crippen LogP contribution in [0, 0.1) is 6.92 Å². The predicted molar refractivity (Wildman–Crippen MR) is 84.0 cm³/mol. The predicted octanol–water partition coefficient (Wildman–Crippen LogP) is 4.41. The first-order valence-electron chi connectivity index (χ1n) is 5.94. The molecule has 2 heteroatoms. The Balaban J connectivity index is 3.03. The summed E-state index contributed by atoms with van der Waals surface area (Å²) in [6.07, 6.45) is 8.31. The molecule has 0 fully saturated rings. The molecule has 0 atom stereocenters. The Bertz CT molecular complexity index is 484. The van der Waals surface area contributed by atoms with Gasteiger partial charge in [-0.25, -0.2) is 0 Å². The standard InChI is InChI=1S/C16H21NS/c1-12(2)15(11-17-4)9-8-14-7-6-13(3)10-16(14)18-5/h6-11,17H,1H2,2-5H3/b9-8-,15-11+. The molecule has 0 radical (unpaired) electrons. The van der Waals surface area contributed by atoms with Gasteiger partial charge in [-0.15, -0.1) is 11.8 Å². The Kier molecular flexibility index (Phi) is 5.79. The van der Waals surface area contributed by atoms with Crippen molar-refractivity contribution < 1.29 is 0 Å². The average Bonchev–Trinajstić information content (AvgIpc) is 2.35. The molecule has 0 saturated heterocycles. The Morgan fingerprint density at radius 2 is 2.11 bits per heavy atom. The highest BCUT2D eigenvalue weighted by Crippen LogP contribution is 2.23. The molecule has 0 aromatic heterocycles. The molecule has 0 spiro atoms. The highest BCUT2D eigenvalue weighted by atomic mass is 32.2. The number of allylic oxidation sites excluding steroid dienone is 3. The third-order valence-corrected chi connectivity index (χ3v) is 3.42. The molecular weight excluding hydrogens is 238 g/mol. The van der Waals surface area contributed by atoms with E-state index in [9.17, 15) is 0 Å². The van der Waals surface area contributed by atoms with E-state index in [0.29, 0.717) is 0 Å². The van der Waals surface area contributed by atoms with E-state index in [2.05, 4.69) is 55.4 Å². The number of nitrogens with one attached hydrogen (secondary N) is 1. The molecule has 0 bridgehead atoms. The van der Waals surface area contributed by atoms with Crippen molar-refractivity contribution in [2.24, 2.45) is 0 Å². The topological polar surface area (TPSA) is 12.0 Å². The van der Waals surface area contributed by atoms with Gasteiger partial charge in [-0.3, -0.25) is 0 Å². The monoisotopic (exact) mass is 259 g/mol. The van der Waals surface area contributed by atoms with Gasteiger partial charge < -0.3 is 5.32 Å². The fourth-order valence-electron chi connectivity index (χ4n) is 1.60. The zero-order chi connectivity index (χ0) is 13.5. The van der Waals surface area contributed by atoms with Crippen LogP contribution in [0.25, 0.3) is 6.08 Å². The molecule has 0 saturated carbocycles. The van der Waals surface area contributed by atoms with Crippen LogP contribution in [0.2, 0.25) is 0 Å². The van der Waals surface area contributed by atoms with Crippen molar-refractivity contribution in [1.82, 2.24) is 5.32 Å². The van der Waals surface area contributed by atoms with Crippen molar-refractivity contribution in [3.8, 4) is 0 Å². The van der Waals surface area contributed by atoms with Gasteiger partial charge in [-0.05, 0) is 48.4 Å². The number of benzene rings is 1. The summed E-state index contributed by atoms with van der Waals surface area (Å²) in [5, 5.41) is 3.04. The summed E-state index contributed by atoms with van der Waals surface area (Å²) in [6.45, 7) is 8.11. The summed E-state index contributed by atoms with van der Waals surface area (Å²) in [5.74, 6) is 0. The molecule has 1 N–H and O–H groups in total. The normalized spacial score (nSPS) is 11.9. The molecule has 0 aliphatic heterocycles. The molecule has 0 heterocycles. The van der Waals surface area contributed by atoms with Crippen LogP contribution < -0.4 is 5.32 Å². The second kappa shape index (κ2) is 7.12. The first kappa shape index (κ1) is 14.7. The van der Waals surface area contributed by atoms with E-state index in [0.717, 1.165) is 11.1 Å². The number of hydrogen-bond acceptors (Lipinski definition) is 2. The molecule has 1 nitrogen and oxygen atoms in total. The number of thioether (sulfide) groups is 1. The highest BCUT2D eigenvalue weighted by Gasteiger charge is 1.99. The van der Waals surface area contributed by atoms with E-state index in [1.54, 1.807) is 11.8 Å². The molecule has 96 valence electrons. The van der Waals surface area contributed by atoms with Gasteiger partial charge in [0, 0.05) is 18.1 Å². The Labute approximate surface area is 115 Å². The van der Waals surface area contributed by atoms with Crippen LogP contribution in [0.4, 0.5) is 0 Å². The first-order chi connectivity index (χ1) is 8.58. The average molecular weight is 259 g/mol. The Morgan fingerprint density at radius 1 is 1.39 bits per heavy atom. The summed E-state index contributed by atoms with van der Waals surface area (Å²) in [7, 11) is 1.90. The lowest BCUT2D eigenvalue weighted by molar-refractivity contribution is 1.09. The summed E-state index contributed by atoms with van der Waals surface area (Å²) in [4.78, 5) is 1.30. The lowest BCUT2D eigenvalue weighted by Gasteiger charge is -2.05. The minimum Gasteiger partial charge on any atom is -0.393 e. The molecule has 0 aliphatic carbocycles. The SMILES string of the molecule is C=C(C)C(/C=C\c1ccc(C)cc1SC)=C/NC. The van der Waals surface area contributed by atoms with Crippen molar-refractivity contribution in [2.45, 2.75) is 18.7 Å². The minimum absolute atomic E-state index is 1.05. The fraction of sp³-hybridized carbons (Fsp3) is 0.250. The van der Waals surface area contributed by atoms with E-state index >= 15 is 0 Å². The zero-order valence-corrected chi connectivity index (χ0v) is 12.4. The minimum atomic E-state index is 1.05. The molecular formula is C16H21NS. The van der Waals surface area contributed by atoms with Gasteiger partial charge in [-0.1, -0.05) is 30.9 Å². The maximum absolute atomic E-state index is 3.98. The van der Waals surface area contributed by atoms with E-state index < -0.39 is 0 Å². The van der Waals surface area contributed by atoms with Gasteiger partial charge in [0.1, 0.15) is 0 Å². The first-order valence-corrected chi connectivity index (χ1v) is 7.17. The van der Waals surface area contributed by atoms with Crippen LogP contribution in [0.1, 0.15) is 18.1 Å². The second-order valence-electron chi connectivity index (χ2n) is 4.25. The van der Waals surface area contributed by atoms with Gasteiger partial charge >= 0.3 is 0 Å². The molecule has 0 amide bonds. The van der Waals surface area contributed by atoms with Crippen LogP contribution >= 0.6 is 11.8 Å². The van der Waals surface area contributed by atoms with Gasteiger partial charge in [-0.2, -0.15) is 0 Å². The smallest absolute Gasteiger partial charge is 0.0144 e. The van der Waals surface area contributed by atoms with E-state index in [1.165, 1.54) is 16.0 Å². The van der Waals surface area contributed by atoms with E-state index in [-0.39, 0.29) is 0 Å². The largest absolute Gasteiger partial charge is 0.393 e. The maximum Gasteiger partial charge on any atom is 0.0144 e. The van der Waals surface area contributed by atoms with Gasteiger partial charge in [0.25, 0.3) is 0 Å². The number of aryl methyl sites for hydroxylation is 1. The molecule has 18 heavy (non-hydrogen) atoms. The van der Waals surface area contributed by atoms with Crippen LogP contribution in [0.5, 0.6) is 0 Å². The quantitative estimate of drug-likeness (QED) is 0.621. The third kappa shape index (κ3) is 4.11. The van der Waals surface area contributed by atoms with Crippen LogP contribution in [0.3, 0.4) is 0 Å². The van der Waals surface area contributed by atoms with Crippen LogP contribution in [0.15, 0.2) is 53.1 Å². The summed E-state index contributed by atoms with van der Waals surface area (Å²) < 4.78 is 0. The Hall–Kier alpha value is -1.41. The van der Waals surface area contributed by atoms with Crippen molar-refractivity contribution in [1.29, 1.82) is 0 Å². The van der Waals surface area contributed by atoms with Gasteiger partial charge in [0.15, 0.2) is 0 Å². The highest BCUT2D eigenvalue weighted by molar-refractivity contribution is 7.98. The molecule has 1 rings (SSSR count). The Morgan fingerprint density at radius 3 is 2.67 bits per heavy atom. The third-order valence-electron chi connectivity index (χ3n) is 2.62. The van der Waals surface area contributed by atoms with E-state index in [4.69, 9.17) is 0 Å². The van der Waals surface area contributed by atoms with Crippen molar-refractivity contribution in [3.63, 3.8) is 0 Å². The summed E-state index contributed by atoms with van der Waals surface area (Å²) in [5.41, 5.74) is 4.71. The maximum atomic E-state index is 3.98. The summed E-state index contributed by atoms with van der Waals surface area (Å²) in [6, 6.07) is 6.52. The molecule has 0 aliphatic rings. The van der Waals surface area contributed by atoms with Crippen LogP contribution in [-0.4, -0.2) is 13.3 Å². The fourth-order valence-corrected chi connectivity index (χ4v) is 2.28. The van der Waals surface area contributed by atoms with Crippen molar-refractivity contribution in [3.05, 3.63) is 59.3 Å². The van der Waals surface area contributed by atoms with Crippen molar-refractivity contribution in [2.75, 3.05) is 13.3 Å². The second-order valence-corrected chi connectivity index (χ2v) is 5.10. The van der Waals surface area contributed by atoms with Gasteiger partial charge in [0.2, 0.25) is 0 Å². The number of hydrogen-bond donors (Lipinski definition) is 1. The summed E-state index contributed by atoms with van der Waals surface area (Å²) >= 11 is 1.77. The molecule has 1 aromatic rings. The van der Waals surface area contributed by atoms with Crippen molar-refractivity contribution >= 4 is 17.8 Å². The molecule has 0 unspecified atom stereocenters. The lowest BCUT2D eigenvalue weighted by atomic mass is 10.1. The number of rotatable bonds is 5. The molecule has 1 aromatic carbocycles. The van der Waals surface area contributed by atoms with Crippen LogP contribution in [-0.2, 0) is 0 Å². The lowest BCUT2D eigenvalue weighted by Crippen LogP contribution is -1.95. The van der Waals surface area contributed by atoms with E-state index in [1.807, 2.05) is 20.2 Å². The zero-order valence-electron chi connectivity index (χ0n) is 11.6. The van der Waals surface area contributed by atoms with Gasteiger partial charge in [0.05, 0.1) is 0 Å².